The van der Waals surface area contributed by atoms with E-state index in [1.807, 2.05) is 0 Å². The van der Waals surface area contributed by atoms with Gasteiger partial charge in [0, 0.05) is 10.0 Å². The molecule has 1 aromatic carbocycles. The molecule has 3 nitrogen and oxygen atoms in total. The van der Waals surface area contributed by atoms with Gasteiger partial charge in [0.1, 0.15) is 5.75 Å². The number of benzene rings is 1. The molecule has 0 aliphatic rings. The van der Waals surface area contributed by atoms with Crippen LogP contribution in [0.1, 0.15) is 51.0 Å². The molecule has 0 radical (unpaired) electrons. The Hall–Kier alpha value is -0.290. The van der Waals surface area contributed by atoms with Gasteiger partial charge in [-0.3, -0.25) is 4.18 Å². The molecule has 21 heavy (non-hydrogen) atoms. The lowest BCUT2D eigenvalue weighted by Gasteiger charge is -2.07. The Morgan fingerprint density at radius 1 is 1.05 bits per heavy atom. The summed E-state index contributed by atoms with van der Waals surface area (Å²) in [6, 6.07) is 4.76. The van der Waals surface area contributed by atoms with E-state index in [9.17, 15) is 8.42 Å². The van der Waals surface area contributed by atoms with Gasteiger partial charge in [-0.2, -0.15) is 8.42 Å². The molecule has 1 rings (SSSR count). The predicted octanol–water partition coefficient (Wildman–Crippen LogP) is 5.20. The van der Waals surface area contributed by atoms with Crippen LogP contribution in [0.3, 0.4) is 0 Å². The second-order valence-corrected chi connectivity index (χ2v) is 7.51. The van der Waals surface area contributed by atoms with E-state index in [0.29, 0.717) is 15.6 Å². The minimum absolute atomic E-state index is 0.229. The zero-order chi connectivity index (χ0) is 15.7. The first-order chi connectivity index (χ1) is 9.94. The van der Waals surface area contributed by atoms with Crippen molar-refractivity contribution >= 4 is 33.3 Å². The van der Waals surface area contributed by atoms with Crippen molar-refractivity contribution < 1.29 is 12.6 Å². The van der Waals surface area contributed by atoms with E-state index in [4.69, 9.17) is 27.4 Å². The van der Waals surface area contributed by atoms with Crippen LogP contribution in [0.2, 0.25) is 10.0 Å². The van der Waals surface area contributed by atoms with Crippen molar-refractivity contribution in [1.29, 1.82) is 0 Å². The summed E-state index contributed by atoms with van der Waals surface area (Å²) in [6.45, 7) is 2.39. The third-order valence-corrected chi connectivity index (χ3v) is 4.89. The predicted molar refractivity (Wildman–Crippen MR) is 88.4 cm³/mol. The molecule has 120 valence electrons. The average molecular weight is 353 g/mol. The molecule has 6 heteroatoms. The van der Waals surface area contributed by atoms with Gasteiger partial charge in [0.2, 0.25) is 0 Å². The highest BCUT2D eigenvalue weighted by Crippen LogP contribution is 2.23. The first-order valence-electron chi connectivity index (χ1n) is 7.25. The number of hydrogen-bond donors (Lipinski definition) is 0. The third kappa shape index (κ3) is 8.05. The van der Waals surface area contributed by atoms with E-state index in [1.165, 1.54) is 19.3 Å². The van der Waals surface area contributed by atoms with Crippen molar-refractivity contribution in [3.63, 3.8) is 0 Å². The molecule has 1 aromatic rings. The smallest absolute Gasteiger partial charge is 0.270 e. The molecule has 0 heterocycles. The summed E-state index contributed by atoms with van der Waals surface area (Å²) >= 11 is 11.8. The molecule has 0 fully saturated rings. The maximum atomic E-state index is 11.9. The van der Waals surface area contributed by atoms with Gasteiger partial charge >= 0.3 is 0 Å². The van der Waals surface area contributed by atoms with Gasteiger partial charge < -0.3 is 0 Å². The van der Waals surface area contributed by atoms with Crippen LogP contribution in [0.4, 0.5) is 0 Å². The van der Waals surface area contributed by atoms with E-state index < -0.39 is 10.1 Å². The number of unbranched alkanes of at least 4 members (excludes halogenated alkanes) is 5. The highest BCUT2D eigenvalue weighted by Gasteiger charge is 2.15. The molecule has 0 aliphatic carbocycles. The molecular weight excluding hydrogens is 331 g/mol. The van der Waals surface area contributed by atoms with Crippen molar-refractivity contribution in [3.8, 4) is 0 Å². The molecule has 0 aromatic heterocycles. The van der Waals surface area contributed by atoms with Gasteiger partial charge in [0.25, 0.3) is 10.1 Å². The third-order valence-electron chi connectivity index (χ3n) is 3.10. The quantitative estimate of drug-likeness (QED) is 0.429. The largest absolute Gasteiger partial charge is 0.271 e. The normalized spacial score (nSPS) is 11.8. The van der Waals surface area contributed by atoms with Crippen LogP contribution in [0.5, 0.6) is 0 Å². The number of rotatable bonds is 10. The molecule has 0 bridgehead atoms. The van der Waals surface area contributed by atoms with Crippen molar-refractivity contribution in [3.05, 3.63) is 33.8 Å². The molecule has 0 unspecified atom stereocenters. The molecule has 0 saturated heterocycles. The zero-order valence-electron chi connectivity index (χ0n) is 12.3. The van der Waals surface area contributed by atoms with Gasteiger partial charge in [0.05, 0.1) is 6.61 Å². The SMILES string of the molecule is CCCCCCCCOS(=O)(=O)Cc1cc(Cl)ccc1Cl. The lowest BCUT2D eigenvalue weighted by molar-refractivity contribution is 0.305. The summed E-state index contributed by atoms with van der Waals surface area (Å²) in [4.78, 5) is 0. The lowest BCUT2D eigenvalue weighted by Crippen LogP contribution is -2.10. The maximum Gasteiger partial charge on any atom is 0.271 e. The van der Waals surface area contributed by atoms with Crippen LogP contribution in [0, 0.1) is 0 Å². The van der Waals surface area contributed by atoms with E-state index >= 15 is 0 Å². The van der Waals surface area contributed by atoms with E-state index in [2.05, 4.69) is 6.92 Å². The van der Waals surface area contributed by atoms with Crippen LogP contribution in [-0.2, 0) is 20.1 Å². The molecule has 0 saturated carbocycles. The Morgan fingerprint density at radius 2 is 1.71 bits per heavy atom. The number of hydrogen-bond acceptors (Lipinski definition) is 3. The summed E-state index contributed by atoms with van der Waals surface area (Å²) in [5.41, 5.74) is 0.465. The van der Waals surface area contributed by atoms with E-state index in [0.717, 1.165) is 19.3 Å². The number of halogens is 2. The fraction of sp³-hybridized carbons (Fsp3) is 0.600. The Balaban J connectivity index is 2.35. The minimum Gasteiger partial charge on any atom is -0.270 e. The van der Waals surface area contributed by atoms with Crippen molar-refractivity contribution in [1.82, 2.24) is 0 Å². The van der Waals surface area contributed by atoms with Crippen LogP contribution >= 0.6 is 23.2 Å². The van der Waals surface area contributed by atoms with Crippen molar-refractivity contribution in [2.45, 2.75) is 51.2 Å². The standard InChI is InChI=1S/C15H22Cl2O3S/c1-2-3-4-5-6-7-10-20-21(18,19)12-13-11-14(16)8-9-15(13)17/h8-9,11H,2-7,10,12H2,1H3. The topological polar surface area (TPSA) is 43.4 Å². The molecule has 0 atom stereocenters. The fourth-order valence-electron chi connectivity index (χ4n) is 1.95. The Kier molecular flexibility index (Phi) is 8.64. The van der Waals surface area contributed by atoms with Crippen LogP contribution < -0.4 is 0 Å². The summed E-state index contributed by atoms with van der Waals surface area (Å²) in [6.07, 6.45) is 6.50. The second kappa shape index (κ2) is 9.67. The van der Waals surface area contributed by atoms with Crippen LogP contribution in [0.25, 0.3) is 0 Å². The molecule has 0 spiro atoms. The summed E-state index contributed by atoms with van der Waals surface area (Å²) in [5, 5.41) is 0.840. The van der Waals surface area contributed by atoms with Gasteiger partial charge in [-0.25, -0.2) is 0 Å². The molecule has 0 N–H and O–H groups in total. The Labute approximate surface area is 137 Å². The van der Waals surface area contributed by atoms with Gasteiger partial charge in [-0.1, -0.05) is 62.2 Å². The maximum absolute atomic E-state index is 11.9. The van der Waals surface area contributed by atoms with Crippen molar-refractivity contribution in [2.75, 3.05) is 6.61 Å². The van der Waals surface area contributed by atoms with E-state index in [1.54, 1.807) is 18.2 Å². The van der Waals surface area contributed by atoms with Crippen LogP contribution in [-0.4, -0.2) is 15.0 Å². The first-order valence-corrected chi connectivity index (χ1v) is 9.59. The van der Waals surface area contributed by atoms with E-state index in [-0.39, 0.29) is 12.4 Å². The minimum atomic E-state index is -3.61. The summed E-state index contributed by atoms with van der Waals surface area (Å²) in [5.74, 6) is -0.248. The summed E-state index contributed by atoms with van der Waals surface area (Å²) < 4.78 is 28.8. The zero-order valence-corrected chi connectivity index (χ0v) is 14.6. The van der Waals surface area contributed by atoms with Gasteiger partial charge in [-0.05, 0) is 30.2 Å². The monoisotopic (exact) mass is 352 g/mol. The second-order valence-electron chi connectivity index (χ2n) is 5.03. The van der Waals surface area contributed by atoms with Gasteiger partial charge in [0.15, 0.2) is 0 Å². The Bertz CT molecular complexity index is 530. The summed E-state index contributed by atoms with van der Waals surface area (Å²) in [7, 11) is -3.61. The molecule has 0 amide bonds. The fourth-order valence-corrected chi connectivity index (χ4v) is 3.49. The average Bonchev–Trinajstić information content (AvgIpc) is 2.41. The van der Waals surface area contributed by atoms with Gasteiger partial charge in [-0.15, -0.1) is 0 Å². The lowest BCUT2D eigenvalue weighted by atomic mass is 10.1. The highest BCUT2D eigenvalue weighted by molar-refractivity contribution is 7.85. The molecule has 0 aliphatic heterocycles. The Morgan fingerprint density at radius 3 is 2.43 bits per heavy atom. The first kappa shape index (κ1) is 18.8. The van der Waals surface area contributed by atoms with Crippen LogP contribution in [0.15, 0.2) is 18.2 Å². The highest BCUT2D eigenvalue weighted by atomic mass is 35.5. The molecular formula is C15H22Cl2O3S. The van der Waals surface area contributed by atoms with Crippen molar-refractivity contribution in [2.24, 2.45) is 0 Å².